The molecule has 2 aliphatic rings. The molecule has 0 saturated carbocycles. The lowest BCUT2D eigenvalue weighted by Crippen LogP contribution is -2.41. The predicted octanol–water partition coefficient (Wildman–Crippen LogP) is 2.57. The van der Waals surface area contributed by atoms with Crippen molar-refractivity contribution in [2.45, 2.75) is 50.5 Å². The third-order valence-electron chi connectivity index (χ3n) is 4.77. The van der Waals surface area contributed by atoms with E-state index in [4.69, 9.17) is 0 Å². The Kier molecular flexibility index (Phi) is 3.95. The Balaban J connectivity index is 1.73. The summed E-state index contributed by atoms with van der Waals surface area (Å²) < 4.78 is 0. The van der Waals surface area contributed by atoms with Crippen LogP contribution >= 0.6 is 0 Å². The number of carboxylic acid groups (broad SMARTS) is 1. The Morgan fingerprint density at radius 3 is 2.81 bits per heavy atom. The number of benzene rings is 1. The first kappa shape index (κ1) is 14.1. The van der Waals surface area contributed by atoms with Gasteiger partial charge in [0.2, 0.25) is 5.91 Å². The van der Waals surface area contributed by atoms with Crippen molar-refractivity contribution in [3.05, 3.63) is 35.4 Å². The zero-order valence-corrected chi connectivity index (χ0v) is 12.1. The van der Waals surface area contributed by atoms with Gasteiger partial charge in [-0.15, -0.1) is 0 Å². The molecule has 1 heterocycles. The van der Waals surface area contributed by atoms with Gasteiger partial charge < -0.3 is 10.0 Å². The summed E-state index contributed by atoms with van der Waals surface area (Å²) in [6, 6.07) is 7.71. The fraction of sp³-hybridized carbons (Fsp3) is 0.529. The van der Waals surface area contributed by atoms with Crippen LogP contribution in [0.2, 0.25) is 0 Å². The summed E-state index contributed by atoms with van der Waals surface area (Å²) in [5.41, 5.74) is 2.63. The van der Waals surface area contributed by atoms with Crippen molar-refractivity contribution in [1.82, 2.24) is 4.90 Å². The van der Waals surface area contributed by atoms with Gasteiger partial charge in [-0.2, -0.15) is 0 Å². The molecule has 0 aromatic heterocycles. The van der Waals surface area contributed by atoms with Crippen molar-refractivity contribution in [3.8, 4) is 0 Å². The fourth-order valence-corrected chi connectivity index (χ4v) is 3.72. The summed E-state index contributed by atoms with van der Waals surface area (Å²) in [5, 5.41) is 9.20. The number of carbonyl (C=O) groups excluding carboxylic acids is 1. The Hall–Kier alpha value is -1.84. The molecule has 1 saturated heterocycles. The van der Waals surface area contributed by atoms with Gasteiger partial charge in [-0.1, -0.05) is 24.3 Å². The minimum Gasteiger partial charge on any atom is -0.480 e. The maximum atomic E-state index is 12.5. The molecule has 3 rings (SSSR count). The van der Waals surface area contributed by atoms with Gasteiger partial charge in [0.15, 0.2) is 0 Å². The molecule has 21 heavy (non-hydrogen) atoms. The third-order valence-corrected chi connectivity index (χ3v) is 4.77. The molecule has 0 radical (unpaired) electrons. The fourth-order valence-electron chi connectivity index (χ4n) is 3.72. The second-order valence-electron chi connectivity index (χ2n) is 6.08. The molecule has 0 bridgehead atoms. The largest absolute Gasteiger partial charge is 0.480 e. The van der Waals surface area contributed by atoms with Crippen LogP contribution in [0.15, 0.2) is 24.3 Å². The molecule has 1 N–H and O–H groups in total. The van der Waals surface area contributed by atoms with Crippen LogP contribution in [0, 0.1) is 0 Å². The zero-order valence-electron chi connectivity index (χ0n) is 12.1. The van der Waals surface area contributed by atoms with E-state index in [0.29, 0.717) is 19.4 Å². The van der Waals surface area contributed by atoms with Gasteiger partial charge in [0, 0.05) is 13.0 Å². The number of aliphatic carboxylic acids is 1. The molecule has 4 heteroatoms. The van der Waals surface area contributed by atoms with E-state index in [1.54, 1.807) is 4.90 Å². The van der Waals surface area contributed by atoms with Gasteiger partial charge in [0.05, 0.1) is 0 Å². The van der Waals surface area contributed by atoms with Crippen LogP contribution in [-0.2, 0) is 16.0 Å². The van der Waals surface area contributed by atoms with Gasteiger partial charge in [-0.05, 0) is 49.1 Å². The van der Waals surface area contributed by atoms with E-state index >= 15 is 0 Å². The monoisotopic (exact) mass is 287 g/mol. The quantitative estimate of drug-likeness (QED) is 0.929. The second-order valence-corrected chi connectivity index (χ2v) is 6.08. The highest BCUT2D eigenvalue weighted by Crippen LogP contribution is 2.34. The van der Waals surface area contributed by atoms with E-state index in [-0.39, 0.29) is 11.8 Å². The van der Waals surface area contributed by atoms with Crippen molar-refractivity contribution in [3.63, 3.8) is 0 Å². The minimum absolute atomic E-state index is 0.00148. The van der Waals surface area contributed by atoms with Crippen molar-refractivity contribution in [2.75, 3.05) is 6.54 Å². The van der Waals surface area contributed by atoms with E-state index in [2.05, 4.69) is 12.1 Å². The summed E-state index contributed by atoms with van der Waals surface area (Å²) in [4.78, 5) is 25.3. The summed E-state index contributed by atoms with van der Waals surface area (Å²) >= 11 is 0. The molecule has 1 aliphatic heterocycles. The summed E-state index contributed by atoms with van der Waals surface area (Å²) in [6.45, 7) is 0.587. The van der Waals surface area contributed by atoms with Gasteiger partial charge in [-0.25, -0.2) is 4.79 Å². The van der Waals surface area contributed by atoms with E-state index in [1.807, 2.05) is 12.1 Å². The van der Waals surface area contributed by atoms with Crippen LogP contribution in [0.4, 0.5) is 0 Å². The SMILES string of the molecule is O=C(O)[C@@H]1CCCN1C(=O)C[C@H]1CCCc2ccccc21. The zero-order chi connectivity index (χ0) is 14.8. The number of nitrogens with zero attached hydrogens (tertiary/aromatic N) is 1. The molecule has 0 spiro atoms. The van der Waals surface area contributed by atoms with Crippen LogP contribution in [0.1, 0.15) is 49.1 Å². The smallest absolute Gasteiger partial charge is 0.326 e. The number of hydrogen-bond donors (Lipinski definition) is 1. The first-order valence-corrected chi connectivity index (χ1v) is 7.77. The number of amides is 1. The number of rotatable bonds is 3. The first-order chi connectivity index (χ1) is 10.2. The molecule has 1 aliphatic carbocycles. The minimum atomic E-state index is -0.870. The van der Waals surface area contributed by atoms with Crippen LogP contribution in [0.5, 0.6) is 0 Å². The van der Waals surface area contributed by atoms with Gasteiger partial charge >= 0.3 is 5.97 Å². The lowest BCUT2D eigenvalue weighted by molar-refractivity contribution is -0.148. The summed E-state index contributed by atoms with van der Waals surface area (Å²) in [6.07, 6.45) is 5.04. The lowest BCUT2D eigenvalue weighted by atomic mass is 9.81. The summed E-state index contributed by atoms with van der Waals surface area (Å²) in [7, 11) is 0. The first-order valence-electron chi connectivity index (χ1n) is 7.77. The van der Waals surface area contributed by atoms with Gasteiger partial charge in [0.25, 0.3) is 0 Å². The number of hydrogen-bond acceptors (Lipinski definition) is 2. The molecule has 1 aromatic carbocycles. The molecule has 1 aromatic rings. The molecule has 4 nitrogen and oxygen atoms in total. The maximum absolute atomic E-state index is 12.5. The Labute approximate surface area is 124 Å². The van der Waals surface area contributed by atoms with Crippen molar-refractivity contribution < 1.29 is 14.7 Å². The highest BCUT2D eigenvalue weighted by molar-refractivity contribution is 5.84. The molecular weight excluding hydrogens is 266 g/mol. The van der Waals surface area contributed by atoms with E-state index < -0.39 is 12.0 Å². The van der Waals surface area contributed by atoms with E-state index in [1.165, 1.54) is 11.1 Å². The van der Waals surface area contributed by atoms with E-state index in [0.717, 1.165) is 25.7 Å². The lowest BCUT2D eigenvalue weighted by Gasteiger charge is -2.28. The average Bonchev–Trinajstić information content (AvgIpc) is 2.97. The highest BCUT2D eigenvalue weighted by Gasteiger charge is 2.35. The Morgan fingerprint density at radius 1 is 1.19 bits per heavy atom. The van der Waals surface area contributed by atoms with E-state index in [9.17, 15) is 14.7 Å². The summed E-state index contributed by atoms with van der Waals surface area (Å²) in [5.74, 6) is -0.621. The number of carboxylic acids is 1. The van der Waals surface area contributed by atoms with Gasteiger partial charge in [-0.3, -0.25) is 4.79 Å². The highest BCUT2D eigenvalue weighted by atomic mass is 16.4. The molecular formula is C17H21NO3. The number of fused-ring (bicyclic) bond motifs is 1. The Bertz CT molecular complexity index is 555. The second kappa shape index (κ2) is 5.88. The molecule has 112 valence electrons. The topological polar surface area (TPSA) is 57.6 Å². The predicted molar refractivity (Wildman–Crippen MR) is 79.1 cm³/mol. The normalized spacial score (nSPS) is 24.7. The van der Waals surface area contributed by atoms with Crippen molar-refractivity contribution >= 4 is 11.9 Å². The maximum Gasteiger partial charge on any atom is 0.326 e. The van der Waals surface area contributed by atoms with Crippen LogP contribution < -0.4 is 0 Å². The number of carbonyl (C=O) groups is 2. The molecule has 1 fully saturated rings. The van der Waals surface area contributed by atoms with Crippen molar-refractivity contribution in [1.29, 1.82) is 0 Å². The molecule has 0 unspecified atom stereocenters. The molecule has 2 atom stereocenters. The van der Waals surface area contributed by atoms with Gasteiger partial charge in [0.1, 0.15) is 6.04 Å². The average molecular weight is 287 g/mol. The standard InChI is InChI=1S/C17H21NO3/c19-16(18-10-4-9-15(18)17(20)21)11-13-7-3-6-12-5-1-2-8-14(12)13/h1-2,5,8,13,15H,3-4,6-7,9-11H2,(H,20,21)/t13-,15+/m1/s1. The third kappa shape index (κ3) is 2.80. The number of aryl methyl sites for hydroxylation is 1. The Morgan fingerprint density at radius 2 is 2.00 bits per heavy atom. The van der Waals surface area contributed by atoms with Crippen molar-refractivity contribution in [2.24, 2.45) is 0 Å². The van der Waals surface area contributed by atoms with Crippen LogP contribution in [0.25, 0.3) is 0 Å². The molecule has 1 amide bonds. The van der Waals surface area contributed by atoms with Crippen LogP contribution in [0.3, 0.4) is 0 Å². The van der Waals surface area contributed by atoms with Crippen LogP contribution in [-0.4, -0.2) is 34.5 Å². The number of likely N-dealkylation sites (tertiary alicyclic amines) is 1.